The van der Waals surface area contributed by atoms with E-state index in [2.05, 4.69) is 5.32 Å². The molecule has 1 fully saturated rings. The first-order chi connectivity index (χ1) is 16.3. The fourth-order valence-corrected chi connectivity index (χ4v) is 4.06. The van der Waals surface area contributed by atoms with Crippen LogP contribution in [-0.4, -0.2) is 54.7 Å². The first-order valence-electron chi connectivity index (χ1n) is 10.9. The third-order valence-corrected chi connectivity index (χ3v) is 5.81. The molecule has 0 aliphatic carbocycles. The monoisotopic (exact) mass is 508 g/mol. The molecule has 35 heavy (non-hydrogen) atoms. The smallest absolute Gasteiger partial charge is 0.389 e. The fourth-order valence-electron chi connectivity index (χ4n) is 4.06. The van der Waals surface area contributed by atoms with Gasteiger partial charge in [-0.25, -0.2) is 0 Å². The van der Waals surface area contributed by atoms with E-state index in [1.807, 2.05) is 0 Å². The first-order valence-corrected chi connectivity index (χ1v) is 10.9. The molecular weight excluding hydrogens is 482 g/mol. The Balaban J connectivity index is 2.12. The summed E-state index contributed by atoms with van der Waals surface area (Å²) < 4.78 is 93.4. The third kappa shape index (κ3) is 6.36. The van der Waals surface area contributed by atoms with Crippen molar-refractivity contribution in [1.29, 1.82) is 0 Å². The van der Waals surface area contributed by atoms with E-state index in [1.54, 1.807) is 0 Å². The van der Waals surface area contributed by atoms with Gasteiger partial charge in [0, 0.05) is 43.8 Å². The number of methoxy groups -OCH3 is 1. The summed E-state index contributed by atoms with van der Waals surface area (Å²) in [7, 11) is 1.36. The second-order valence-electron chi connectivity index (χ2n) is 8.35. The van der Waals surface area contributed by atoms with Gasteiger partial charge >= 0.3 is 12.4 Å². The summed E-state index contributed by atoms with van der Waals surface area (Å²) in [4.78, 5) is 12.8. The van der Waals surface area contributed by atoms with Crippen LogP contribution in [0.15, 0.2) is 24.3 Å². The van der Waals surface area contributed by atoms with Crippen molar-refractivity contribution in [2.45, 2.75) is 50.9 Å². The molecule has 2 atom stereocenters. The minimum atomic E-state index is -4.93. The summed E-state index contributed by atoms with van der Waals surface area (Å²) in [6, 6.07) is 2.38. The average molecular weight is 508 g/mol. The molecule has 0 spiro atoms. The molecule has 12 heteroatoms. The normalized spacial score (nSPS) is 17.6. The number of halogens is 6. The summed E-state index contributed by atoms with van der Waals surface area (Å²) in [5.74, 6) is -0.689. The van der Waals surface area contributed by atoms with Crippen molar-refractivity contribution in [3.63, 3.8) is 0 Å². The van der Waals surface area contributed by atoms with Gasteiger partial charge in [0.25, 0.3) is 5.91 Å². The summed E-state index contributed by atoms with van der Waals surface area (Å²) in [6.07, 6.45) is -9.81. The highest BCUT2D eigenvalue weighted by molar-refractivity contribution is 5.97. The van der Waals surface area contributed by atoms with Crippen molar-refractivity contribution in [3.05, 3.63) is 46.6 Å². The summed E-state index contributed by atoms with van der Waals surface area (Å²) >= 11 is 0. The van der Waals surface area contributed by atoms with Gasteiger partial charge in [-0.05, 0) is 44.0 Å². The number of ether oxygens (including phenoxy) is 2. The summed E-state index contributed by atoms with van der Waals surface area (Å²) in [6.45, 7) is 1.79. The number of carbonyl (C=O) groups is 1. The molecular formula is C23H26F6N2O4. The maximum atomic E-state index is 13.8. The first kappa shape index (κ1) is 27.0. The third-order valence-electron chi connectivity index (χ3n) is 5.81. The number of aromatic nitrogens is 1. The van der Waals surface area contributed by atoms with Gasteiger partial charge in [0.05, 0.1) is 35.5 Å². The lowest BCUT2D eigenvalue weighted by molar-refractivity contribution is -0.141. The standard InChI is InChI=1S/C23H26F6N2O4/c1-13-17(21(33)30-10-15(32)12-34-2)9-20(31(13)11-16-4-3-7-35-16)18-8-14(22(24,25)26)5-6-19(18)23(27,28)29/h5-6,8-9,15-16,32H,3-4,7,10-12H2,1-2H3,(H,30,33)/t15?,16-/m1/s1. The molecule has 194 valence electrons. The molecule has 1 saturated heterocycles. The van der Waals surface area contributed by atoms with Gasteiger partial charge in [0.1, 0.15) is 0 Å². The van der Waals surface area contributed by atoms with Crippen LogP contribution in [0, 0.1) is 6.92 Å². The zero-order valence-electron chi connectivity index (χ0n) is 19.1. The van der Waals surface area contributed by atoms with E-state index < -0.39 is 41.1 Å². The Morgan fingerprint density at radius 3 is 2.51 bits per heavy atom. The quantitative estimate of drug-likeness (QED) is 0.518. The number of nitrogens with one attached hydrogen (secondary N) is 1. The van der Waals surface area contributed by atoms with Gasteiger partial charge in [0.2, 0.25) is 0 Å². The Labute approximate surface area is 197 Å². The Bertz CT molecular complexity index is 1040. The SMILES string of the molecule is COCC(O)CNC(=O)c1cc(-c2cc(C(F)(F)F)ccc2C(F)(F)F)n(C[C@H]2CCCO2)c1C. The molecule has 1 aromatic heterocycles. The number of amides is 1. The number of hydrogen-bond donors (Lipinski definition) is 2. The van der Waals surface area contributed by atoms with Crippen LogP contribution >= 0.6 is 0 Å². The number of hydrogen-bond acceptors (Lipinski definition) is 4. The zero-order chi connectivity index (χ0) is 26.0. The predicted molar refractivity (Wildman–Crippen MR) is 114 cm³/mol. The van der Waals surface area contributed by atoms with E-state index in [-0.39, 0.29) is 42.8 Å². The second-order valence-corrected chi connectivity index (χ2v) is 8.35. The minimum absolute atomic E-state index is 0.0202. The van der Waals surface area contributed by atoms with Gasteiger partial charge in [-0.1, -0.05) is 0 Å². The summed E-state index contributed by atoms with van der Waals surface area (Å²) in [5.41, 5.74) is -3.12. The molecule has 1 aromatic carbocycles. The maximum absolute atomic E-state index is 13.8. The molecule has 2 aromatic rings. The highest BCUT2D eigenvalue weighted by Gasteiger charge is 2.38. The predicted octanol–water partition coefficient (Wildman–Crippen LogP) is 4.42. The van der Waals surface area contributed by atoms with E-state index in [0.717, 1.165) is 12.5 Å². The topological polar surface area (TPSA) is 72.7 Å². The lowest BCUT2D eigenvalue weighted by Crippen LogP contribution is -2.34. The van der Waals surface area contributed by atoms with E-state index in [1.165, 1.54) is 18.6 Å². The molecule has 1 amide bonds. The molecule has 0 bridgehead atoms. The van der Waals surface area contributed by atoms with Crippen molar-refractivity contribution in [3.8, 4) is 11.3 Å². The van der Waals surface area contributed by atoms with Crippen molar-refractivity contribution >= 4 is 5.91 Å². The van der Waals surface area contributed by atoms with E-state index in [9.17, 15) is 36.2 Å². The van der Waals surface area contributed by atoms with Crippen molar-refractivity contribution in [2.24, 2.45) is 0 Å². The van der Waals surface area contributed by atoms with Gasteiger partial charge in [-0.2, -0.15) is 26.3 Å². The van der Waals surface area contributed by atoms with Crippen LogP contribution in [0.1, 0.15) is 40.0 Å². The number of carbonyl (C=O) groups excluding carboxylic acids is 1. The van der Waals surface area contributed by atoms with Crippen LogP contribution in [0.5, 0.6) is 0 Å². The molecule has 2 heterocycles. The van der Waals surface area contributed by atoms with Gasteiger partial charge < -0.3 is 24.5 Å². The minimum Gasteiger partial charge on any atom is -0.389 e. The maximum Gasteiger partial charge on any atom is 0.417 e. The molecule has 0 saturated carbocycles. The Kier molecular flexibility index (Phi) is 8.17. The zero-order valence-corrected chi connectivity index (χ0v) is 19.1. The molecule has 1 aliphatic heterocycles. The van der Waals surface area contributed by atoms with Crippen molar-refractivity contribution < 1.29 is 45.7 Å². The van der Waals surface area contributed by atoms with Gasteiger partial charge in [0.15, 0.2) is 0 Å². The van der Waals surface area contributed by atoms with Crippen molar-refractivity contribution in [2.75, 3.05) is 26.9 Å². The van der Waals surface area contributed by atoms with Crippen LogP contribution in [0.4, 0.5) is 26.3 Å². The van der Waals surface area contributed by atoms with E-state index >= 15 is 0 Å². The van der Waals surface area contributed by atoms with Crippen LogP contribution in [-0.2, 0) is 28.4 Å². The second kappa shape index (κ2) is 10.6. The van der Waals surface area contributed by atoms with Gasteiger partial charge in [-0.3, -0.25) is 4.79 Å². The molecule has 0 radical (unpaired) electrons. The Morgan fingerprint density at radius 2 is 1.94 bits per heavy atom. The van der Waals surface area contributed by atoms with Gasteiger partial charge in [-0.15, -0.1) is 0 Å². The Hall–Kier alpha value is -2.57. The number of nitrogens with zero attached hydrogens (tertiary/aromatic N) is 1. The number of aliphatic hydroxyl groups excluding tert-OH is 1. The molecule has 1 unspecified atom stereocenters. The molecule has 2 N–H and O–H groups in total. The van der Waals surface area contributed by atoms with Crippen LogP contribution in [0.2, 0.25) is 0 Å². The van der Waals surface area contributed by atoms with Crippen LogP contribution in [0.3, 0.4) is 0 Å². The Morgan fingerprint density at radius 1 is 1.23 bits per heavy atom. The highest BCUT2D eigenvalue weighted by atomic mass is 19.4. The highest BCUT2D eigenvalue weighted by Crippen LogP contribution is 2.42. The fraction of sp³-hybridized carbons (Fsp3) is 0.522. The van der Waals surface area contributed by atoms with E-state index in [0.29, 0.717) is 31.2 Å². The lowest BCUT2D eigenvalue weighted by Gasteiger charge is -2.20. The molecule has 6 nitrogen and oxygen atoms in total. The van der Waals surface area contributed by atoms with Crippen LogP contribution < -0.4 is 5.32 Å². The van der Waals surface area contributed by atoms with E-state index in [4.69, 9.17) is 9.47 Å². The molecule has 3 rings (SSSR count). The number of benzene rings is 1. The van der Waals surface area contributed by atoms with Crippen LogP contribution in [0.25, 0.3) is 11.3 Å². The average Bonchev–Trinajstić information content (AvgIpc) is 3.39. The van der Waals surface area contributed by atoms with Crippen molar-refractivity contribution in [1.82, 2.24) is 9.88 Å². The largest absolute Gasteiger partial charge is 0.417 e. The lowest BCUT2D eigenvalue weighted by atomic mass is 9.99. The molecule has 1 aliphatic rings. The summed E-state index contributed by atoms with van der Waals surface area (Å²) in [5, 5.41) is 12.3. The number of rotatable bonds is 8. The number of aliphatic hydroxyl groups is 1. The number of alkyl halides is 6.